The maximum atomic E-state index is 11.0. The molecule has 1 saturated carbocycles. The highest BCUT2D eigenvalue weighted by Gasteiger charge is 2.22. The lowest BCUT2D eigenvalue weighted by Gasteiger charge is -2.13. The van der Waals surface area contributed by atoms with E-state index in [0.29, 0.717) is 35.4 Å². The average molecular weight is 381 g/mol. The van der Waals surface area contributed by atoms with E-state index >= 15 is 0 Å². The van der Waals surface area contributed by atoms with Crippen LogP contribution in [0.2, 0.25) is 0 Å². The van der Waals surface area contributed by atoms with Crippen LogP contribution in [0.5, 0.6) is 11.5 Å². The molecule has 2 heterocycles. The number of nitrogens with zero attached hydrogens (tertiary/aromatic N) is 2. The zero-order valence-electron chi connectivity index (χ0n) is 16.0. The summed E-state index contributed by atoms with van der Waals surface area (Å²) in [6.07, 6.45) is 4.13. The molecule has 1 aromatic carbocycles. The molecule has 0 saturated heterocycles. The molecule has 1 aliphatic carbocycles. The van der Waals surface area contributed by atoms with Crippen LogP contribution in [0.25, 0.3) is 22.7 Å². The zero-order chi connectivity index (χ0) is 19.5. The van der Waals surface area contributed by atoms with Crippen LogP contribution in [0.15, 0.2) is 40.9 Å². The second-order valence-corrected chi connectivity index (χ2v) is 7.19. The summed E-state index contributed by atoms with van der Waals surface area (Å²) in [4.78, 5) is 19.9. The Labute approximate surface area is 163 Å². The van der Waals surface area contributed by atoms with Gasteiger partial charge in [0.25, 0.3) is 0 Å². The van der Waals surface area contributed by atoms with Gasteiger partial charge in [-0.1, -0.05) is 0 Å². The van der Waals surface area contributed by atoms with Gasteiger partial charge in [0.15, 0.2) is 5.58 Å². The number of oxazole rings is 1. The number of carbonyl (C=O) groups is 1. The molecular formula is C21H23N3O4. The Balaban J connectivity index is 1.41. The molecule has 0 spiro atoms. The Bertz CT molecular complexity index is 963. The Hall–Kier alpha value is -3.09. The number of nitrogens with one attached hydrogen (secondary N) is 1. The number of benzene rings is 1. The van der Waals surface area contributed by atoms with E-state index < -0.39 is 0 Å². The molecule has 2 aromatic heterocycles. The first-order chi connectivity index (χ1) is 13.6. The highest BCUT2D eigenvalue weighted by Crippen LogP contribution is 2.31. The van der Waals surface area contributed by atoms with Gasteiger partial charge in [-0.05, 0) is 49.9 Å². The Morgan fingerprint density at radius 3 is 2.79 bits per heavy atom. The molecule has 0 unspecified atom stereocenters. The van der Waals surface area contributed by atoms with Crippen molar-refractivity contribution in [1.29, 1.82) is 0 Å². The zero-order valence-corrected chi connectivity index (χ0v) is 16.0. The van der Waals surface area contributed by atoms with Gasteiger partial charge in [0.1, 0.15) is 29.3 Å². The van der Waals surface area contributed by atoms with E-state index in [9.17, 15) is 4.79 Å². The number of amides is 1. The first kappa shape index (κ1) is 18.3. The number of carbonyl (C=O) groups excluding carboxylic acids is 1. The fraction of sp³-hybridized carbons (Fsp3) is 0.381. The molecule has 28 heavy (non-hydrogen) atoms. The van der Waals surface area contributed by atoms with Gasteiger partial charge in [-0.2, -0.15) is 0 Å². The molecule has 4 rings (SSSR count). The van der Waals surface area contributed by atoms with Crippen LogP contribution in [-0.4, -0.2) is 35.1 Å². The van der Waals surface area contributed by atoms with Gasteiger partial charge in [0, 0.05) is 13.0 Å². The Morgan fingerprint density at radius 2 is 2.07 bits per heavy atom. The van der Waals surface area contributed by atoms with Crippen molar-refractivity contribution in [3.63, 3.8) is 0 Å². The summed E-state index contributed by atoms with van der Waals surface area (Å²) in [7, 11) is 0. The molecule has 1 atom stereocenters. The van der Waals surface area contributed by atoms with E-state index in [1.165, 1.54) is 19.8 Å². The molecule has 146 valence electrons. The third kappa shape index (κ3) is 4.60. The Morgan fingerprint density at radius 1 is 1.25 bits per heavy atom. The first-order valence-electron chi connectivity index (χ1n) is 9.46. The van der Waals surface area contributed by atoms with E-state index in [2.05, 4.69) is 15.3 Å². The van der Waals surface area contributed by atoms with Gasteiger partial charge >= 0.3 is 0 Å². The number of ether oxygens (including phenoxy) is 2. The average Bonchev–Trinajstić information content (AvgIpc) is 3.41. The first-order valence-corrected chi connectivity index (χ1v) is 9.46. The van der Waals surface area contributed by atoms with Crippen LogP contribution >= 0.6 is 0 Å². The van der Waals surface area contributed by atoms with Crippen LogP contribution < -0.4 is 14.8 Å². The summed E-state index contributed by atoms with van der Waals surface area (Å²) in [5, 5.41) is 2.77. The lowest BCUT2D eigenvalue weighted by molar-refractivity contribution is -0.119. The smallest absolute Gasteiger partial charge is 0.246 e. The van der Waals surface area contributed by atoms with E-state index in [0.717, 1.165) is 17.9 Å². The van der Waals surface area contributed by atoms with Gasteiger partial charge in [-0.25, -0.2) is 9.97 Å². The maximum absolute atomic E-state index is 11.0. The van der Waals surface area contributed by atoms with Crippen LogP contribution in [0.4, 0.5) is 0 Å². The van der Waals surface area contributed by atoms with E-state index in [1.54, 1.807) is 12.3 Å². The minimum Gasteiger partial charge on any atom is -0.493 e. The molecule has 0 radical (unpaired) electrons. The molecule has 7 nitrogen and oxygen atoms in total. The minimum absolute atomic E-state index is 0.0782. The summed E-state index contributed by atoms with van der Waals surface area (Å²) in [6.45, 7) is 4.49. The van der Waals surface area contributed by atoms with E-state index in [4.69, 9.17) is 13.9 Å². The molecule has 7 heteroatoms. The highest BCUT2D eigenvalue weighted by atomic mass is 16.5. The highest BCUT2D eigenvalue weighted by molar-refractivity contribution is 5.77. The second kappa shape index (κ2) is 7.88. The number of hydrogen-bond acceptors (Lipinski definition) is 6. The SMILES string of the molecule is CC(=O)N[C@@H](C)COc1ccc(-c2nc3ccc(OCC4CC4)cc3o2)nc1. The lowest BCUT2D eigenvalue weighted by atomic mass is 10.3. The monoisotopic (exact) mass is 381 g/mol. The molecule has 0 bridgehead atoms. The molecule has 1 fully saturated rings. The summed E-state index contributed by atoms with van der Waals surface area (Å²) in [6, 6.07) is 9.21. The quantitative estimate of drug-likeness (QED) is 0.642. The topological polar surface area (TPSA) is 86.5 Å². The van der Waals surface area contributed by atoms with Crippen molar-refractivity contribution in [3.05, 3.63) is 36.5 Å². The number of hydrogen-bond donors (Lipinski definition) is 1. The fourth-order valence-corrected chi connectivity index (χ4v) is 2.80. The fourth-order valence-electron chi connectivity index (χ4n) is 2.80. The number of fused-ring (bicyclic) bond motifs is 1. The van der Waals surface area contributed by atoms with Crippen molar-refractivity contribution in [3.8, 4) is 23.1 Å². The van der Waals surface area contributed by atoms with Gasteiger partial charge in [-0.15, -0.1) is 0 Å². The van der Waals surface area contributed by atoms with Crippen LogP contribution in [0.3, 0.4) is 0 Å². The minimum atomic E-state index is -0.0818. The summed E-state index contributed by atoms with van der Waals surface area (Å²) >= 11 is 0. The van der Waals surface area contributed by atoms with Gasteiger partial charge < -0.3 is 19.2 Å². The predicted molar refractivity (Wildman–Crippen MR) is 104 cm³/mol. The van der Waals surface area contributed by atoms with Gasteiger partial charge in [0.2, 0.25) is 11.8 Å². The normalized spacial score (nSPS) is 14.6. The number of rotatable bonds is 8. The predicted octanol–water partition coefficient (Wildman–Crippen LogP) is 3.58. The third-order valence-corrected chi connectivity index (χ3v) is 4.45. The Kier molecular flexibility index (Phi) is 5.14. The van der Waals surface area contributed by atoms with Crippen molar-refractivity contribution in [2.45, 2.75) is 32.7 Å². The summed E-state index contributed by atoms with van der Waals surface area (Å²) in [5.41, 5.74) is 2.06. The molecular weight excluding hydrogens is 358 g/mol. The summed E-state index contributed by atoms with van der Waals surface area (Å²) < 4.78 is 17.3. The van der Waals surface area contributed by atoms with Crippen LogP contribution in [0, 0.1) is 5.92 Å². The standard InChI is InChI=1S/C21H23N3O4/c1-13(23-14(2)25)11-26-17-6-8-19(22-10-17)21-24-18-7-5-16(9-20(18)28-21)27-12-15-3-4-15/h5-10,13,15H,3-4,11-12H2,1-2H3,(H,23,25)/t13-/m0/s1. The largest absolute Gasteiger partial charge is 0.493 e. The van der Waals surface area contributed by atoms with Crippen molar-refractivity contribution in [2.24, 2.45) is 5.92 Å². The van der Waals surface area contributed by atoms with Crippen molar-refractivity contribution < 1.29 is 18.7 Å². The second-order valence-electron chi connectivity index (χ2n) is 7.19. The maximum Gasteiger partial charge on any atom is 0.246 e. The van der Waals surface area contributed by atoms with Gasteiger partial charge in [0.05, 0.1) is 18.8 Å². The van der Waals surface area contributed by atoms with Gasteiger partial charge in [-0.3, -0.25) is 4.79 Å². The third-order valence-electron chi connectivity index (χ3n) is 4.45. The van der Waals surface area contributed by atoms with Crippen LogP contribution in [-0.2, 0) is 4.79 Å². The van der Waals surface area contributed by atoms with E-state index in [1.807, 2.05) is 31.2 Å². The van der Waals surface area contributed by atoms with Crippen molar-refractivity contribution in [1.82, 2.24) is 15.3 Å². The number of aromatic nitrogens is 2. The molecule has 3 aromatic rings. The number of pyridine rings is 1. The van der Waals surface area contributed by atoms with E-state index in [-0.39, 0.29) is 11.9 Å². The van der Waals surface area contributed by atoms with Crippen LogP contribution in [0.1, 0.15) is 26.7 Å². The summed E-state index contributed by atoms with van der Waals surface area (Å²) in [5.74, 6) is 2.49. The lowest BCUT2D eigenvalue weighted by Crippen LogP contribution is -2.35. The van der Waals surface area contributed by atoms with Crippen molar-refractivity contribution >= 4 is 17.0 Å². The molecule has 0 aliphatic heterocycles. The molecule has 1 aliphatic rings. The molecule has 1 amide bonds. The molecule has 1 N–H and O–H groups in total. The van der Waals surface area contributed by atoms with Crippen molar-refractivity contribution in [2.75, 3.05) is 13.2 Å².